The number of halogens is 1. The molecule has 0 saturated carbocycles. The lowest BCUT2D eigenvalue weighted by Crippen LogP contribution is -2.15. The van der Waals surface area contributed by atoms with Gasteiger partial charge in [0.2, 0.25) is 0 Å². The predicted octanol–water partition coefficient (Wildman–Crippen LogP) is 2.44. The summed E-state index contributed by atoms with van der Waals surface area (Å²) in [7, 11) is -2.47. The van der Waals surface area contributed by atoms with Crippen molar-refractivity contribution in [1.29, 1.82) is 0 Å². The van der Waals surface area contributed by atoms with E-state index in [-0.39, 0.29) is 10.6 Å². The van der Waals surface area contributed by atoms with E-state index in [0.29, 0.717) is 11.0 Å². The van der Waals surface area contributed by atoms with Gasteiger partial charge in [-0.15, -0.1) is 9.19 Å². The highest BCUT2D eigenvalue weighted by molar-refractivity contribution is 9.10. The third-order valence-electron chi connectivity index (χ3n) is 2.95. The second kappa shape index (κ2) is 5.12. The SMILES string of the molecule is COc1cc(Br)ccc1S(=O)(=O)n1nnc2ccccc21. The fourth-order valence-corrected chi connectivity index (χ4v) is 3.68. The van der Waals surface area contributed by atoms with Crippen LogP contribution in [-0.2, 0) is 10.0 Å². The minimum absolute atomic E-state index is 0.0313. The molecule has 0 amide bonds. The largest absolute Gasteiger partial charge is 0.495 e. The average Bonchev–Trinajstić information content (AvgIpc) is 2.91. The zero-order valence-corrected chi connectivity index (χ0v) is 13.3. The lowest BCUT2D eigenvalue weighted by molar-refractivity contribution is 0.402. The molecule has 0 spiro atoms. The lowest BCUT2D eigenvalue weighted by Gasteiger charge is -2.10. The monoisotopic (exact) mass is 367 g/mol. The maximum absolute atomic E-state index is 12.8. The Balaban J connectivity index is 2.26. The van der Waals surface area contributed by atoms with Crippen LogP contribution >= 0.6 is 15.9 Å². The molecule has 0 aliphatic rings. The van der Waals surface area contributed by atoms with Gasteiger partial charge in [0.1, 0.15) is 21.7 Å². The molecule has 3 rings (SSSR count). The molecule has 0 aliphatic carbocycles. The minimum Gasteiger partial charge on any atom is -0.495 e. The molecule has 6 nitrogen and oxygen atoms in total. The number of hydrogen-bond donors (Lipinski definition) is 0. The molecule has 3 aromatic rings. The molecule has 0 N–H and O–H groups in total. The molecule has 0 bridgehead atoms. The summed E-state index contributed by atoms with van der Waals surface area (Å²) in [5.74, 6) is 0.240. The Kier molecular flexibility index (Phi) is 3.42. The third-order valence-corrected chi connectivity index (χ3v) is 5.06. The Bertz CT molecular complexity index is 921. The van der Waals surface area contributed by atoms with Crippen LogP contribution in [-0.4, -0.2) is 29.9 Å². The summed E-state index contributed by atoms with van der Waals surface area (Å²) >= 11 is 3.28. The first-order valence-electron chi connectivity index (χ1n) is 5.93. The second-order valence-electron chi connectivity index (χ2n) is 4.22. The topological polar surface area (TPSA) is 74.1 Å². The lowest BCUT2D eigenvalue weighted by atomic mass is 10.3. The second-order valence-corrected chi connectivity index (χ2v) is 6.87. The summed E-state index contributed by atoms with van der Waals surface area (Å²) < 4.78 is 32.3. The minimum atomic E-state index is -3.88. The Hall–Kier alpha value is -1.93. The summed E-state index contributed by atoms with van der Waals surface area (Å²) in [5.41, 5.74) is 0.930. The highest BCUT2D eigenvalue weighted by Gasteiger charge is 2.25. The first-order chi connectivity index (χ1) is 10.0. The molecule has 1 aromatic heterocycles. The maximum Gasteiger partial charge on any atom is 0.288 e. The van der Waals surface area contributed by atoms with Crippen molar-refractivity contribution in [2.24, 2.45) is 0 Å². The number of benzene rings is 2. The molecule has 0 fully saturated rings. The van der Waals surface area contributed by atoms with Crippen molar-refractivity contribution in [3.05, 3.63) is 46.9 Å². The Morgan fingerprint density at radius 2 is 1.95 bits per heavy atom. The number of rotatable bonds is 3. The zero-order chi connectivity index (χ0) is 15.0. The zero-order valence-electron chi connectivity index (χ0n) is 10.9. The normalized spacial score (nSPS) is 11.7. The molecule has 0 radical (unpaired) electrons. The van der Waals surface area contributed by atoms with E-state index in [9.17, 15) is 8.42 Å². The van der Waals surface area contributed by atoms with Crippen LogP contribution in [0.15, 0.2) is 51.8 Å². The van der Waals surface area contributed by atoms with E-state index in [4.69, 9.17) is 4.74 Å². The van der Waals surface area contributed by atoms with Gasteiger partial charge in [-0.1, -0.05) is 33.3 Å². The molecular weight excluding hydrogens is 358 g/mol. The van der Waals surface area contributed by atoms with Crippen LogP contribution in [0.25, 0.3) is 11.0 Å². The molecule has 8 heteroatoms. The molecule has 0 saturated heterocycles. The van der Waals surface area contributed by atoms with Crippen molar-refractivity contribution in [3.8, 4) is 5.75 Å². The molecule has 0 unspecified atom stereocenters. The molecule has 2 aromatic carbocycles. The van der Waals surface area contributed by atoms with Crippen molar-refractivity contribution >= 4 is 37.0 Å². The highest BCUT2D eigenvalue weighted by Crippen LogP contribution is 2.29. The van der Waals surface area contributed by atoms with Crippen LogP contribution in [0.3, 0.4) is 0 Å². The third kappa shape index (κ3) is 2.30. The molecule has 0 aliphatic heterocycles. The van der Waals surface area contributed by atoms with Gasteiger partial charge in [0.15, 0.2) is 0 Å². The Labute approximate surface area is 129 Å². The number of para-hydroxylation sites is 1. The van der Waals surface area contributed by atoms with Gasteiger partial charge in [-0.05, 0) is 30.3 Å². The van der Waals surface area contributed by atoms with Crippen LogP contribution in [0, 0.1) is 0 Å². The quantitative estimate of drug-likeness (QED) is 0.710. The van der Waals surface area contributed by atoms with Crippen LogP contribution in [0.1, 0.15) is 0 Å². The summed E-state index contributed by atoms with van der Waals surface area (Å²) in [6.45, 7) is 0. The first kappa shape index (κ1) is 14.0. The number of nitrogens with zero attached hydrogens (tertiary/aromatic N) is 3. The number of methoxy groups -OCH3 is 1. The van der Waals surface area contributed by atoms with Crippen molar-refractivity contribution in [2.45, 2.75) is 4.90 Å². The van der Waals surface area contributed by atoms with Crippen LogP contribution < -0.4 is 4.74 Å². The van der Waals surface area contributed by atoms with Gasteiger partial charge >= 0.3 is 0 Å². The number of ether oxygens (including phenoxy) is 1. The van der Waals surface area contributed by atoms with Crippen LogP contribution in [0.4, 0.5) is 0 Å². The van der Waals surface area contributed by atoms with Crippen molar-refractivity contribution in [3.63, 3.8) is 0 Å². The van der Waals surface area contributed by atoms with E-state index >= 15 is 0 Å². The number of aromatic nitrogens is 3. The van der Waals surface area contributed by atoms with Gasteiger partial charge in [-0.25, -0.2) is 0 Å². The first-order valence-corrected chi connectivity index (χ1v) is 8.17. The van der Waals surface area contributed by atoms with Crippen molar-refractivity contribution < 1.29 is 13.2 Å². The van der Waals surface area contributed by atoms with Gasteiger partial charge in [0.05, 0.1) is 7.11 Å². The van der Waals surface area contributed by atoms with E-state index in [0.717, 1.165) is 8.56 Å². The highest BCUT2D eigenvalue weighted by atomic mass is 79.9. The van der Waals surface area contributed by atoms with Crippen LogP contribution in [0.2, 0.25) is 0 Å². The molecular formula is C13H10BrN3O3S. The van der Waals surface area contributed by atoms with Crippen molar-refractivity contribution in [1.82, 2.24) is 14.4 Å². The fraction of sp³-hybridized carbons (Fsp3) is 0.0769. The van der Waals surface area contributed by atoms with Gasteiger partial charge in [0, 0.05) is 4.47 Å². The summed E-state index contributed by atoms with van der Waals surface area (Å²) in [6.07, 6.45) is 0. The summed E-state index contributed by atoms with van der Waals surface area (Å²) in [4.78, 5) is 0.0313. The smallest absolute Gasteiger partial charge is 0.288 e. The van der Waals surface area contributed by atoms with Gasteiger partial charge in [-0.3, -0.25) is 0 Å². The van der Waals surface area contributed by atoms with Gasteiger partial charge in [0.25, 0.3) is 10.0 Å². The molecule has 108 valence electrons. The molecule has 0 atom stereocenters. The van der Waals surface area contributed by atoms with Crippen LogP contribution in [0.5, 0.6) is 5.75 Å². The maximum atomic E-state index is 12.8. The molecule has 21 heavy (non-hydrogen) atoms. The summed E-state index contributed by atoms with van der Waals surface area (Å²) in [5, 5.41) is 7.62. The van der Waals surface area contributed by atoms with E-state index in [1.54, 1.807) is 36.4 Å². The van der Waals surface area contributed by atoms with E-state index in [2.05, 4.69) is 26.2 Å². The standard InChI is InChI=1S/C13H10BrN3O3S/c1-20-12-8-9(14)6-7-13(12)21(18,19)17-11-5-3-2-4-10(11)15-16-17/h2-8H,1H3. The Morgan fingerprint density at radius 1 is 1.19 bits per heavy atom. The van der Waals surface area contributed by atoms with E-state index < -0.39 is 10.0 Å². The van der Waals surface area contributed by atoms with Gasteiger partial charge < -0.3 is 4.74 Å². The van der Waals surface area contributed by atoms with Gasteiger partial charge in [-0.2, -0.15) is 8.42 Å². The predicted molar refractivity (Wildman–Crippen MR) is 80.8 cm³/mol. The molecule has 1 heterocycles. The summed E-state index contributed by atoms with van der Waals surface area (Å²) in [6, 6.07) is 11.5. The fourth-order valence-electron chi connectivity index (χ4n) is 1.97. The van der Waals surface area contributed by atoms with E-state index in [1.807, 2.05) is 0 Å². The van der Waals surface area contributed by atoms with Crippen molar-refractivity contribution in [2.75, 3.05) is 7.11 Å². The number of fused-ring (bicyclic) bond motifs is 1. The number of hydrogen-bond acceptors (Lipinski definition) is 5. The van der Waals surface area contributed by atoms with E-state index in [1.165, 1.54) is 13.2 Å². The average molecular weight is 368 g/mol. The Morgan fingerprint density at radius 3 is 2.71 bits per heavy atom.